The highest BCUT2D eigenvalue weighted by Crippen LogP contribution is 2.26. The molecule has 0 saturated carbocycles. The summed E-state index contributed by atoms with van der Waals surface area (Å²) in [7, 11) is -3.48. The van der Waals surface area contributed by atoms with Gasteiger partial charge in [-0.15, -0.1) is 0 Å². The Morgan fingerprint density at radius 3 is 2.41 bits per heavy atom. The number of carbonyl (C=O) groups excluding carboxylic acids is 1. The van der Waals surface area contributed by atoms with Crippen molar-refractivity contribution in [2.24, 2.45) is 5.92 Å². The quantitative estimate of drug-likeness (QED) is 0.743. The summed E-state index contributed by atoms with van der Waals surface area (Å²) in [6.07, 6.45) is 3.37. The van der Waals surface area contributed by atoms with Crippen molar-refractivity contribution in [1.29, 1.82) is 0 Å². The normalized spacial score (nSPS) is 22.1. The van der Waals surface area contributed by atoms with Crippen LogP contribution in [-0.2, 0) is 19.6 Å². The molecule has 2 fully saturated rings. The van der Waals surface area contributed by atoms with Crippen molar-refractivity contribution in [3.63, 3.8) is 0 Å². The number of rotatable bonds is 6. The van der Waals surface area contributed by atoms with E-state index in [9.17, 15) is 13.2 Å². The summed E-state index contributed by atoms with van der Waals surface area (Å²) in [5.41, 5.74) is 1.03. The second-order valence-corrected chi connectivity index (χ2v) is 9.44. The number of likely N-dealkylation sites (N-methyl/N-ethyl adjacent to an activating group) is 1. The third-order valence-electron chi connectivity index (χ3n) is 5.60. The van der Waals surface area contributed by atoms with Crippen molar-refractivity contribution in [3.8, 4) is 0 Å². The number of piperidine rings is 1. The van der Waals surface area contributed by atoms with E-state index >= 15 is 0 Å². The van der Waals surface area contributed by atoms with Crippen molar-refractivity contribution in [2.45, 2.75) is 50.5 Å². The molecular formula is C20H30N2O4S. The molecule has 1 atom stereocenters. The first-order valence-corrected chi connectivity index (χ1v) is 11.3. The average molecular weight is 395 g/mol. The lowest BCUT2D eigenvalue weighted by molar-refractivity contribution is -0.138. The number of amides is 1. The fraction of sp³-hybridized carbons (Fsp3) is 0.650. The van der Waals surface area contributed by atoms with Gasteiger partial charge in [-0.1, -0.05) is 17.7 Å². The molecule has 1 aromatic rings. The van der Waals surface area contributed by atoms with E-state index < -0.39 is 10.0 Å². The summed E-state index contributed by atoms with van der Waals surface area (Å²) in [5, 5.41) is 0. The predicted molar refractivity (Wildman–Crippen MR) is 104 cm³/mol. The lowest BCUT2D eigenvalue weighted by atomic mass is 9.96. The van der Waals surface area contributed by atoms with Crippen LogP contribution in [0.15, 0.2) is 29.2 Å². The highest BCUT2D eigenvalue weighted by Gasteiger charge is 2.34. The highest BCUT2D eigenvalue weighted by atomic mass is 32.2. The topological polar surface area (TPSA) is 66.9 Å². The Hall–Kier alpha value is -1.44. The zero-order valence-corrected chi connectivity index (χ0v) is 17.1. The molecule has 150 valence electrons. The summed E-state index contributed by atoms with van der Waals surface area (Å²) in [6.45, 7) is 6.81. The van der Waals surface area contributed by atoms with Gasteiger partial charge in [0, 0.05) is 38.7 Å². The van der Waals surface area contributed by atoms with Gasteiger partial charge >= 0.3 is 0 Å². The SMILES string of the molecule is CCN(CC1CCCO1)C(=O)C1CCN(S(=O)(=O)c2ccc(C)cc2)CC1. The number of hydrogen-bond acceptors (Lipinski definition) is 4. The number of hydrogen-bond donors (Lipinski definition) is 0. The van der Waals surface area contributed by atoms with Gasteiger partial charge < -0.3 is 9.64 Å². The molecule has 0 spiro atoms. The molecule has 0 radical (unpaired) electrons. The van der Waals surface area contributed by atoms with E-state index in [0.29, 0.717) is 43.9 Å². The van der Waals surface area contributed by atoms with Gasteiger partial charge in [0.15, 0.2) is 0 Å². The van der Waals surface area contributed by atoms with Crippen molar-refractivity contribution >= 4 is 15.9 Å². The minimum atomic E-state index is -3.48. The van der Waals surface area contributed by atoms with Gasteiger partial charge in [0.2, 0.25) is 15.9 Å². The van der Waals surface area contributed by atoms with Gasteiger partial charge in [-0.3, -0.25) is 4.79 Å². The van der Waals surface area contributed by atoms with E-state index in [0.717, 1.165) is 25.0 Å². The van der Waals surface area contributed by atoms with Crippen LogP contribution < -0.4 is 0 Å². The molecule has 1 aromatic carbocycles. The maximum atomic E-state index is 12.9. The molecule has 0 aromatic heterocycles. The summed E-state index contributed by atoms with van der Waals surface area (Å²) in [4.78, 5) is 15.1. The smallest absolute Gasteiger partial charge is 0.243 e. The first-order valence-electron chi connectivity index (χ1n) is 9.89. The number of carbonyl (C=O) groups is 1. The largest absolute Gasteiger partial charge is 0.376 e. The van der Waals surface area contributed by atoms with Crippen LogP contribution in [0.3, 0.4) is 0 Å². The minimum absolute atomic E-state index is 0.101. The van der Waals surface area contributed by atoms with Crippen LogP contribution in [0.1, 0.15) is 38.2 Å². The second kappa shape index (κ2) is 8.71. The molecule has 0 aliphatic carbocycles. The summed E-state index contributed by atoms with van der Waals surface area (Å²) >= 11 is 0. The number of sulfonamides is 1. The zero-order valence-electron chi connectivity index (χ0n) is 16.3. The first kappa shape index (κ1) is 20.3. The van der Waals surface area contributed by atoms with Crippen LogP contribution in [0.5, 0.6) is 0 Å². The first-order chi connectivity index (χ1) is 12.9. The van der Waals surface area contributed by atoms with Gasteiger partial charge in [0.1, 0.15) is 0 Å². The Kier molecular flexibility index (Phi) is 6.55. The fourth-order valence-corrected chi connectivity index (χ4v) is 5.34. The van der Waals surface area contributed by atoms with E-state index in [4.69, 9.17) is 4.74 Å². The lowest BCUT2D eigenvalue weighted by Crippen LogP contribution is -2.46. The van der Waals surface area contributed by atoms with Gasteiger partial charge in [-0.2, -0.15) is 4.31 Å². The number of nitrogens with zero attached hydrogens (tertiary/aromatic N) is 2. The van der Waals surface area contributed by atoms with Crippen molar-refractivity contribution in [3.05, 3.63) is 29.8 Å². The molecule has 2 heterocycles. The van der Waals surface area contributed by atoms with Gasteiger partial charge in [0.25, 0.3) is 0 Å². The lowest BCUT2D eigenvalue weighted by Gasteiger charge is -2.34. The molecule has 3 rings (SSSR count). The number of aryl methyl sites for hydroxylation is 1. The Bertz CT molecular complexity index is 734. The summed E-state index contributed by atoms with van der Waals surface area (Å²) in [6, 6.07) is 6.94. The van der Waals surface area contributed by atoms with E-state index in [1.165, 1.54) is 4.31 Å². The molecule has 0 N–H and O–H groups in total. The fourth-order valence-electron chi connectivity index (χ4n) is 3.87. The van der Waals surface area contributed by atoms with Gasteiger partial charge in [-0.05, 0) is 51.7 Å². The number of benzene rings is 1. The highest BCUT2D eigenvalue weighted by molar-refractivity contribution is 7.89. The van der Waals surface area contributed by atoms with E-state index in [1.54, 1.807) is 12.1 Å². The third kappa shape index (κ3) is 4.70. The van der Waals surface area contributed by atoms with Crippen molar-refractivity contribution in [1.82, 2.24) is 9.21 Å². The van der Waals surface area contributed by atoms with Crippen LogP contribution in [-0.4, -0.2) is 62.4 Å². The number of ether oxygens (including phenoxy) is 1. The van der Waals surface area contributed by atoms with Crippen LogP contribution in [0, 0.1) is 12.8 Å². The van der Waals surface area contributed by atoms with Crippen molar-refractivity contribution < 1.29 is 17.9 Å². The maximum absolute atomic E-state index is 12.9. The van der Waals surface area contributed by atoms with E-state index in [2.05, 4.69) is 0 Å². The molecule has 1 unspecified atom stereocenters. The van der Waals surface area contributed by atoms with Crippen LogP contribution in [0.25, 0.3) is 0 Å². The van der Waals surface area contributed by atoms with Gasteiger partial charge in [-0.25, -0.2) is 8.42 Å². The standard InChI is InChI=1S/C20H30N2O4S/c1-3-21(15-18-5-4-14-26-18)20(23)17-10-12-22(13-11-17)27(24,25)19-8-6-16(2)7-9-19/h6-9,17-18H,3-5,10-15H2,1-2H3. The van der Waals surface area contributed by atoms with Crippen molar-refractivity contribution in [2.75, 3.05) is 32.8 Å². The second-order valence-electron chi connectivity index (χ2n) is 7.50. The zero-order chi connectivity index (χ0) is 19.4. The molecule has 6 nitrogen and oxygen atoms in total. The molecule has 2 aliphatic heterocycles. The molecule has 0 bridgehead atoms. The molecule has 27 heavy (non-hydrogen) atoms. The Morgan fingerprint density at radius 1 is 1.19 bits per heavy atom. The predicted octanol–water partition coefficient (Wildman–Crippen LogP) is 2.42. The maximum Gasteiger partial charge on any atom is 0.243 e. The Balaban J connectivity index is 1.58. The molecule has 7 heteroatoms. The van der Waals surface area contributed by atoms with Crippen LogP contribution in [0.2, 0.25) is 0 Å². The summed E-state index contributed by atoms with van der Waals surface area (Å²) < 4.78 is 32.8. The average Bonchev–Trinajstić information content (AvgIpc) is 3.19. The molecule has 2 aliphatic rings. The monoisotopic (exact) mass is 394 g/mol. The molecule has 1 amide bonds. The van der Waals surface area contributed by atoms with Crippen LogP contribution >= 0.6 is 0 Å². The van der Waals surface area contributed by atoms with E-state index in [-0.39, 0.29) is 17.9 Å². The van der Waals surface area contributed by atoms with Gasteiger partial charge in [0.05, 0.1) is 11.0 Å². The summed E-state index contributed by atoms with van der Waals surface area (Å²) in [5.74, 6) is 0.0382. The minimum Gasteiger partial charge on any atom is -0.376 e. The molecular weight excluding hydrogens is 364 g/mol. The Labute approximate surface area is 162 Å². The Morgan fingerprint density at radius 2 is 1.85 bits per heavy atom. The third-order valence-corrected chi connectivity index (χ3v) is 7.52. The molecule has 2 saturated heterocycles. The van der Waals surface area contributed by atoms with Crippen LogP contribution in [0.4, 0.5) is 0 Å². The van der Waals surface area contributed by atoms with E-state index in [1.807, 2.05) is 30.9 Å².